The van der Waals surface area contributed by atoms with Crippen molar-refractivity contribution in [3.8, 4) is 0 Å². The van der Waals surface area contributed by atoms with Crippen LogP contribution in [0.15, 0.2) is 33.7 Å². The first kappa shape index (κ1) is 17.3. The molecule has 1 aromatic heterocycles. The molecule has 0 amide bonds. The maximum atomic E-state index is 12.4. The molecule has 23 heavy (non-hydrogen) atoms. The van der Waals surface area contributed by atoms with Gasteiger partial charge in [-0.1, -0.05) is 5.16 Å². The molecule has 0 radical (unpaired) electrons. The zero-order chi connectivity index (χ0) is 16.9. The molecule has 1 aromatic carbocycles. The average molecular weight is 339 g/mol. The number of hydrogen-bond acceptors (Lipinski definition) is 6. The summed E-state index contributed by atoms with van der Waals surface area (Å²) in [5.41, 5.74) is 1.74. The second-order valence-corrected chi connectivity index (χ2v) is 6.73. The van der Waals surface area contributed by atoms with E-state index in [9.17, 15) is 8.42 Å². The lowest BCUT2D eigenvalue weighted by Gasteiger charge is -2.09. The number of methoxy groups -OCH3 is 1. The van der Waals surface area contributed by atoms with E-state index >= 15 is 0 Å². The Morgan fingerprint density at radius 1 is 1.17 bits per heavy atom. The molecule has 2 rings (SSSR count). The largest absolute Gasteiger partial charge is 0.385 e. The highest BCUT2D eigenvalue weighted by molar-refractivity contribution is 7.92. The van der Waals surface area contributed by atoms with Gasteiger partial charge in [-0.2, -0.15) is 0 Å². The average Bonchev–Trinajstić information content (AvgIpc) is 2.85. The van der Waals surface area contributed by atoms with Gasteiger partial charge in [-0.3, -0.25) is 4.72 Å². The van der Waals surface area contributed by atoms with Crippen molar-refractivity contribution in [2.75, 3.05) is 30.3 Å². The van der Waals surface area contributed by atoms with E-state index in [2.05, 4.69) is 15.2 Å². The van der Waals surface area contributed by atoms with Crippen molar-refractivity contribution in [2.24, 2.45) is 0 Å². The standard InChI is InChI=1S/C15H21N3O4S/c1-11-15(12(2)22-17-11)23(19,20)18-14-7-5-13(6-8-14)16-9-4-10-21-3/h5-8,16,18H,4,9-10H2,1-3H3. The number of nitrogens with zero attached hydrogens (tertiary/aromatic N) is 1. The molecule has 0 bridgehead atoms. The number of aryl methyl sites for hydroxylation is 2. The molecule has 0 unspecified atom stereocenters. The molecular formula is C15H21N3O4S. The predicted molar refractivity (Wildman–Crippen MR) is 88.2 cm³/mol. The van der Waals surface area contributed by atoms with Gasteiger partial charge in [0.05, 0.1) is 0 Å². The van der Waals surface area contributed by atoms with Gasteiger partial charge in [0.1, 0.15) is 5.69 Å². The van der Waals surface area contributed by atoms with Gasteiger partial charge in [0.15, 0.2) is 10.7 Å². The normalized spacial score (nSPS) is 11.4. The highest BCUT2D eigenvalue weighted by Crippen LogP contribution is 2.23. The van der Waals surface area contributed by atoms with E-state index in [-0.39, 0.29) is 10.7 Å². The summed E-state index contributed by atoms with van der Waals surface area (Å²) < 4.78 is 37.2. The Labute approximate surface area is 136 Å². The predicted octanol–water partition coefficient (Wildman–Crippen LogP) is 2.54. The van der Waals surface area contributed by atoms with Gasteiger partial charge in [-0.25, -0.2) is 8.42 Å². The smallest absolute Gasteiger partial charge is 0.267 e. The minimum Gasteiger partial charge on any atom is -0.385 e. The van der Waals surface area contributed by atoms with E-state index in [1.54, 1.807) is 33.1 Å². The van der Waals surface area contributed by atoms with Crippen LogP contribution in [0.1, 0.15) is 17.9 Å². The summed E-state index contributed by atoms with van der Waals surface area (Å²) >= 11 is 0. The van der Waals surface area contributed by atoms with E-state index < -0.39 is 10.0 Å². The van der Waals surface area contributed by atoms with Crippen molar-refractivity contribution < 1.29 is 17.7 Å². The van der Waals surface area contributed by atoms with Crippen LogP contribution in [0, 0.1) is 13.8 Å². The van der Waals surface area contributed by atoms with Crippen molar-refractivity contribution in [1.82, 2.24) is 5.16 Å². The SMILES string of the molecule is COCCCNc1ccc(NS(=O)(=O)c2c(C)noc2C)cc1. The van der Waals surface area contributed by atoms with Gasteiger partial charge in [0.25, 0.3) is 10.0 Å². The van der Waals surface area contributed by atoms with Gasteiger partial charge in [-0.05, 0) is 44.5 Å². The third-order valence-electron chi connectivity index (χ3n) is 3.23. The molecule has 0 aliphatic rings. The number of ether oxygens (including phenoxy) is 1. The Morgan fingerprint density at radius 2 is 1.83 bits per heavy atom. The fraction of sp³-hybridized carbons (Fsp3) is 0.400. The van der Waals surface area contributed by atoms with E-state index in [0.717, 1.165) is 18.7 Å². The summed E-state index contributed by atoms with van der Waals surface area (Å²) in [4.78, 5) is 0.0827. The lowest BCUT2D eigenvalue weighted by molar-refractivity contribution is 0.198. The van der Waals surface area contributed by atoms with Crippen LogP contribution >= 0.6 is 0 Å². The van der Waals surface area contributed by atoms with Crippen LogP contribution in [0.2, 0.25) is 0 Å². The van der Waals surface area contributed by atoms with E-state index in [4.69, 9.17) is 9.26 Å². The molecule has 0 atom stereocenters. The Balaban J connectivity index is 2.03. The zero-order valence-corrected chi connectivity index (χ0v) is 14.2. The second kappa shape index (κ2) is 7.47. The lowest BCUT2D eigenvalue weighted by atomic mass is 10.3. The Hall–Kier alpha value is -2.06. The molecule has 7 nitrogen and oxygen atoms in total. The lowest BCUT2D eigenvalue weighted by Crippen LogP contribution is -2.14. The molecule has 126 valence electrons. The molecular weight excluding hydrogens is 318 g/mol. The topological polar surface area (TPSA) is 93.5 Å². The van der Waals surface area contributed by atoms with Gasteiger partial charge in [-0.15, -0.1) is 0 Å². The van der Waals surface area contributed by atoms with Crippen molar-refractivity contribution in [2.45, 2.75) is 25.2 Å². The number of anilines is 2. The van der Waals surface area contributed by atoms with E-state index in [0.29, 0.717) is 18.0 Å². The van der Waals surface area contributed by atoms with Crippen molar-refractivity contribution in [3.05, 3.63) is 35.7 Å². The fourth-order valence-electron chi connectivity index (χ4n) is 2.17. The van der Waals surface area contributed by atoms with Crippen LogP contribution in [-0.4, -0.2) is 33.8 Å². The molecule has 1 heterocycles. The van der Waals surface area contributed by atoms with Crippen LogP contribution in [0.3, 0.4) is 0 Å². The van der Waals surface area contributed by atoms with E-state index in [1.807, 2.05) is 12.1 Å². The maximum absolute atomic E-state index is 12.4. The maximum Gasteiger partial charge on any atom is 0.267 e. The van der Waals surface area contributed by atoms with Crippen LogP contribution in [-0.2, 0) is 14.8 Å². The number of aromatic nitrogens is 1. The van der Waals surface area contributed by atoms with Crippen LogP contribution in [0.5, 0.6) is 0 Å². The fourth-order valence-corrected chi connectivity index (χ4v) is 3.56. The molecule has 8 heteroatoms. The van der Waals surface area contributed by atoms with Gasteiger partial charge >= 0.3 is 0 Å². The highest BCUT2D eigenvalue weighted by atomic mass is 32.2. The number of nitrogens with one attached hydrogen (secondary N) is 2. The molecule has 0 fully saturated rings. The van der Waals surface area contributed by atoms with Crippen molar-refractivity contribution in [1.29, 1.82) is 0 Å². The quantitative estimate of drug-likeness (QED) is 0.718. The summed E-state index contributed by atoms with van der Waals surface area (Å²) in [5.74, 6) is 0.270. The van der Waals surface area contributed by atoms with Crippen LogP contribution in [0.4, 0.5) is 11.4 Å². The molecule has 2 N–H and O–H groups in total. The minimum absolute atomic E-state index is 0.0827. The summed E-state index contributed by atoms with van der Waals surface area (Å²) in [5, 5.41) is 6.91. The second-order valence-electron chi connectivity index (χ2n) is 5.11. The van der Waals surface area contributed by atoms with Gasteiger partial charge in [0.2, 0.25) is 0 Å². The minimum atomic E-state index is -3.71. The summed E-state index contributed by atoms with van der Waals surface area (Å²) in [6.07, 6.45) is 0.900. The molecule has 0 saturated heterocycles. The Morgan fingerprint density at radius 3 is 2.39 bits per heavy atom. The summed E-state index contributed by atoms with van der Waals surface area (Å²) in [7, 11) is -2.05. The van der Waals surface area contributed by atoms with Crippen LogP contribution < -0.4 is 10.0 Å². The van der Waals surface area contributed by atoms with Crippen molar-refractivity contribution >= 4 is 21.4 Å². The first-order valence-electron chi connectivity index (χ1n) is 7.22. The number of sulfonamides is 1. The van der Waals surface area contributed by atoms with Crippen LogP contribution in [0.25, 0.3) is 0 Å². The Kier molecular flexibility index (Phi) is 5.62. The van der Waals surface area contributed by atoms with Gasteiger partial charge < -0.3 is 14.6 Å². The summed E-state index contributed by atoms with van der Waals surface area (Å²) in [6.45, 7) is 4.65. The highest BCUT2D eigenvalue weighted by Gasteiger charge is 2.24. The molecule has 0 aliphatic carbocycles. The zero-order valence-electron chi connectivity index (χ0n) is 13.4. The number of hydrogen-bond donors (Lipinski definition) is 2. The molecule has 0 spiro atoms. The third-order valence-corrected chi connectivity index (χ3v) is 4.85. The van der Waals surface area contributed by atoms with Crippen molar-refractivity contribution in [3.63, 3.8) is 0 Å². The van der Waals surface area contributed by atoms with Gasteiger partial charge in [0, 0.05) is 31.6 Å². The van der Waals surface area contributed by atoms with E-state index in [1.165, 1.54) is 0 Å². The molecule has 2 aromatic rings. The third kappa shape index (κ3) is 4.46. The first-order valence-corrected chi connectivity index (χ1v) is 8.71. The summed E-state index contributed by atoms with van der Waals surface area (Å²) in [6, 6.07) is 7.04. The number of rotatable bonds is 8. The monoisotopic (exact) mass is 339 g/mol. The number of benzene rings is 1. The first-order chi connectivity index (χ1) is 10.9. The molecule has 0 aliphatic heterocycles. The molecule has 0 saturated carbocycles. The Bertz CT molecular complexity index is 719.